The Kier molecular flexibility index (Phi) is 3.66. The van der Waals surface area contributed by atoms with E-state index in [1.165, 1.54) is 14.2 Å². The molecule has 1 rings (SSSR count). The molecule has 0 fully saturated rings. The van der Waals surface area contributed by atoms with Gasteiger partial charge in [-0.2, -0.15) is 5.26 Å². The zero-order chi connectivity index (χ0) is 12.3. The van der Waals surface area contributed by atoms with Crippen LogP contribution in [0, 0.1) is 11.3 Å². The van der Waals surface area contributed by atoms with Gasteiger partial charge in [0, 0.05) is 0 Å². The van der Waals surface area contributed by atoms with Crippen LogP contribution in [0.4, 0.5) is 0 Å². The quantitative estimate of drug-likeness (QED) is 0.814. The van der Waals surface area contributed by atoms with Gasteiger partial charge in [-0.15, -0.1) is 0 Å². The lowest BCUT2D eigenvalue weighted by atomic mass is 9.86. The Balaban J connectivity index is 3.38. The molecule has 0 N–H and O–H groups in total. The summed E-state index contributed by atoms with van der Waals surface area (Å²) in [4.78, 5) is 0. The lowest BCUT2D eigenvalue weighted by molar-refractivity contribution is 0.354. The summed E-state index contributed by atoms with van der Waals surface area (Å²) >= 11 is 6.06. The molecule has 86 valence electrons. The summed E-state index contributed by atoms with van der Waals surface area (Å²) < 4.78 is 10.3. The highest BCUT2D eigenvalue weighted by Gasteiger charge is 2.23. The van der Waals surface area contributed by atoms with Crippen LogP contribution >= 0.6 is 11.6 Å². The molecule has 0 saturated heterocycles. The van der Waals surface area contributed by atoms with E-state index in [0.29, 0.717) is 16.5 Å². The van der Waals surface area contributed by atoms with E-state index in [0.717, 1.165) is 5.56 Å². The van der Waals surface area contributed by atoms with E-state index < -0.39 is 5.41 Å². The summed E-state index contributed by atoms with van der Waals surface area (Å²) in [6, 6.07) is 5.72. The third-order valence-corrected chi connectivity index (χ3v) is 2.72. The van der Waals surface area contributed by atoms with Crippen LogP contribution in [-0.4, -0.2) is 14.2 Å². The molecule has 0 aliphatic carbocycles. The lowest BCUT2D eigenvalue weighted by Gasteiger charge is -2.19. The van der Waals surface area contributed by atoms with Gasteiger partial charge in [0.1, 0.15) is 0 Å². The normalized spacial score (nSPS) is 10.8. The second kappa shape index (κ2) is 4.63. The number of nitriles is 1. The number of methoxy groups -OCH3 is 2. The third-order valence-electron chi connectivity index (χ3n) is 2.43. The SMILES string of the molecule is COc1cc(C(C)(C)C#N)cc(Cl)c1OC. The molecule has 0 spiro atoms. The van der Waals surface area contributed by atoms with Crippen LogP contribution in [0.5, 0.6) is 11.5 Å². The molecule has 0 heterocycles. The zero-order valence-corrected chi connectivity index (χ0v) is 10.6. The van der Waals surface area contributed by atoms with E-state index in [1.807, 2.05) is 13.8 Å². The smallest absolute Gasteiger partial charge is 0.179 e. The lowest BCUT2D eigenvalue weighted by Crippen LogP contribution is -2.14. The molecule has 0 bridgehead atoms. The van der Waals surface area contributed by atoms with E-state index in [9.17, 15) is 0 Å². The first-order valence-electron chi connectivity index (χ1n) is 4.79. The van der Waals surface area contributed by atoms with Gasteiger partial charge in [0.15, 0.2) is 11.5 Å². The van der Waals surface area contributed by atoms with Crippen molar-refractivity contribution in [1.29, 1.82) is 5.26 Å². The summed E-state index contributed by atoms with van der Waals surface area (Å²) in [6.07, 6.45) is 0. The van der Waals surface area contributed by atoms with Crippen molar-refractivity contribution < 1.29 is 9.47 Å². The van der Waals surface area contributed by atoms with Gasteiger partial charge in [0.2, 0.25) is 0 Å². The fourth-order valence-electron chi connectivity index (χ4n) is 1.34. The summed E-state index contributed by atoms with van der Waals surface area (Å²) in [5.41, 5.74) is 0.195. The Labute approximate surface area is 101 Å². The van der Waals surface area contributed by atoms with Gasteiger partial charge >= 0.3 is 0 Å². The number of nitrogens with zero attached hydrogens (tertiary/aromatic N) is 1. The second-order valence-corrected chi connectivity index (χ2v) is 4.34. The van der Waals surface area contributed by atoms with E-state index >= 15 is 0 Å². The topological polar surface area (TPSA) is 42.2 Å². The van der Waals surface area contributed by atoms with E-state index in [1.54, 1.807) is 12.1 Å². The Morgan fingerprint density at radius 2 is 1.88 bits per heavy atom. The number of rotatable bonds is 3. The predicted octanol–water partition coefficient (Wildman–Crippen LogP) is 3.16. The Bertz CT molecular complexity index is 435. The molecule has 0 amide bonds. The Morgan fingerprint density at radius 3 is 2.31 bits per heavy atom. The molecule has 16 heavy (non-hydrogen) atoms. The molecule has 0 saturated carbocycles. The molecule has 1 aromatic rings. The van der Waals surface area contributed by atoms with Crippen LogP contribution in [0.25, 0.3) is 0 Å². The number of hydrogen-bond donors (Lipinski definition) is 0. The Hall–Kier alpha value is -1.40. The average Bonchev–Trinajstić information content (AvgIpc) is 2.27. The van der Waals surface area contributed by atoms with Gasteiger partial charge in [-0.3, -0.25) is 0 Å². The standard InChI is InChI=1S/C12H14ClNO2/c1-12(2,7-14)8-5-9(13)11(16-4)10(6-8)15-3/h5-6H,1-4H3. The minimum Gasteiger partial charge on any atom is -0.493 e. The van der Waals surface area contributed by atoms with Crippen molar-refractivity contribution in [2.45, 2.75) is 19.3 Å². The minimum atomic E-state index is -0.608. The molecule has 0 aliphatic rings. The maximum atomic E-state index is 9.06. The average molecular weight is 240 g/mol. The van der Waals surface area contributed by atoms with Crippen molar-refractivity contribution in [2.75, 3.05) is 14.2 Å². The molecular weight excluding hydrogens is 226 g/mol. The van der Waals surface area contributed by atoms with Crippen LogP contribution in [0.2, 0.25) is 5.02 Å². The molecular formula is C12H14ClNO2. The van der Waals surface area contributed by atoms with Crippen molar-refractivity contribution in [3.8, 4) is 17.6 Å². The molecule has 4 heteroatoms. The van der Waals surface area contributed by atoms with Crippen LogP contribution in [0.15, 0.2) is 12.1 Å². The number of halogens is 1. The number of benzene rings is 1. The highest BCUT2D eigenvalue weighted by Crippen LogP contribution is 2.39. The summed E-state index contributed by atoms with van der Waals surface area (Å²) in [6.45, 7) is 3.65. The molecule has 1 aromatic carbocycles. The van der Waals surface area contributed by atoms with Gasteiger partial charge in [-0.05, 0) is 31.5 Å². The summed E-state index contributed by atoms with van der Waals surface area (Å²) in [7, 11) is 3.07. The Morgan fingerprint density at radius 1 is 1.25 bits per heavy atom. The van der Waals surface area contributed by atoms with E-state index in [4.69, 9.17) is 26.3 Å². The zero-order valence-electron chi connectivity index (χ0n) is 9.80. The monoisotopic (exact) mass is 239 g/mol. The fraction of sp³-hybridized carbons (Fsp3) is 0.417. The van der Waals surface area contributed by atoms with Crippen molar-refractivity contribution in [2.24, 2.45) is 0 Å². The highest BCUT2D eigenvalue weighted by molar-refractivity contribution is 6.32. The van der Waals surface area contributed by atoms with E-state index in [2.05, 4.69) is 6.07 Å². The molecule has 0 aliphatic heterocycles. The maximum absolute atomic E-state index is 9.06. The first-order chi connectivity index (χ1) is 7.46. The van der Waals surface area contributed by atoms with Gasteiger partial charge in [-0.1, -0.05) is 11.6 Å². The van der Waals surface area contributed by atoms with Crippen LogP contribution in [0.3, 0.4) is 0 Å². The number of ether oxygens (including phenoxy) is 2. The molecule has 0 aromatic heterocycles. The van der Waals surface area contributed by atoms with Crippen molar-refractivity contribution >= 4 is 11.6 Å². The summed E-state index contributed by atoms with van der Waals surface area (Å²) in [5.74, 6) is 1.02. The van der Waals surface area contributed by atoms with Crippen LogP contribution in [0.1, 0.15) is 19.4 Å². The number of hydrogen-bond acceptors (Lipinski definition) is 3. The van der Waals surface area contributed by atoms with Crippen molar-refractivity contribution in [1.82, 2.24) is 0 Å². The van der Waals surface area contributed by atoms with Gasteiger partial charge in [-0.25, -0.2) is 0 Å². The fourth-order valence-corrected chi connectivity index (χ4v) is 1.63. The van der Waals surface area contributed by atoms with Crippen molar-refractivity contribution in [3.05, 3.63) is 22.7 Å². The predicted molar refractivity (Wildman–Crippen MR) is 63.2 cm³/mol. The molecule has 0 unspecified atom stereocenters. The van der Waals surface area contributed by atoms with E-state index in [-0.39, 0.29) is 0 Å². The van der Waals surface area contributed by atoms with Gasteiger partial charge < -0.3 is 9.47 Å². The van der Waals surface area contributed by atoms with Crippen LogP contribution < -0.4 is 9.47 Å². The first-order valence-corrected chi connectivity index (χ1v) is 5.17. The minimum absolute atomic E-state index is 0.445. The third kappa shape index (κ3) is 2.23. The maximum Gasteiger partial charge on any atom is 0.179 e. The highest BCUT2D eigenvalue weighted by atomic mass is 35.5. The first kappa shape index (κ1) is 12.7. The second-order valence-electron chi connectivity index (χ2n) is 3.93. The summed E-state index contributed by atoms with van der Waals surface area (Å²) in [5, 5.41) is 9.51. The molecule has 0 radical (unpaired) electrons. The van der Waals surface area contributed by atoms with Gasteiger partial charge in [0.05, 0.1) is 30.7 Å². The van der Waals surface area contributed by atoms with Crippen molar-refractivity contribution in [3.63, 3.8) is 0 Å². The largest absolute Gasteiger partial charge is 0.493 e. The van der Waals surface area contributed by atoms with Crippen LogP contribution in [-0.2, 0) is 5.41 Å². The molecule has 0 atom stereocenters. The van der Waals surface area contributed by atoms with Gasteiger partial charge in [0.25, 0.3) is 0 Å². The molecule has 3 nitrogen and oxygen atoms in total.